The van der Waals surface area contributed by atoms with Crippen LogP contribution in [0.1, 0.15) is 11.1 Å². The summed E-state index contributed by atoms with van der Waals surface area (Å²) in [6, 6.07) is 24.8. The summed E-state index contributed by atoms with van der Waals surface area (Å²) in [5.41, 5.74) is 6.11. The van der Waals surface area contributed by atoms with Crippen molar-refractivity contribution in [1.29, 1.82) is 0 Å². The van der Waals surface area contributed by atoms with Gasteiger partial charge in [-0.2, -0.15) is 5.10 Å². The highest BCUT2D eigenvalue weighted by Crippen LogP contribution is 2.27. The normalized spacial score (nSPS) is 11.4. The van der Waals surface area contributed by atoms with Gasteiger partial charge in [-0.15, -0.1) is 0 Å². The van der Waals surface area contributed by atoms with Gasteiger partial charge in [0.25, 0.3) is 0 Å². The van der Waals surface area contributed by atoms with E-state index >= 15 is 0 Å². The van der Waals surface area contributed by atoms with Crippen molar-refractivity contribution < 1.29 is 0 Å². The number of benzene rings is 4. The Morgan fingerprint density at radius 3 is 2.12 bits per heavy atom. The van der Waals surface area contributed by atoms with Gasteiger partial charge in [0.1, 0.15) is 0 Å². The van der Waals surface area contributed by atoms with Crippen LogP contribution in [0.5, 0.6) is 0 Å². The van der Waals surface area contributed by atoms with Gasteiger partial charge in [-0.3, -0.25) is 5.43 Å². The number of nitrogens with zero attached hydrogens (tertiary/aromatic N) is 1. The van der Waals surface area contributed by atoms with Gasteiger partial charge in [-0.1, -0.05) is 66.2 Å². The van der Waals surface area contributed by atoms with E-state index in [0.29, 0.717) is 0 Å². The third-order valence-electron chi connectivity index (χ3n) is 4.37. The zero-order valence-electron chi connectivity index (χ0n) is 13.8. The number of nitrogens with one attached hydrogen (secondary N) is 1. The van der Waals surface area contributed by atoms with E-state index in [4.69, 9.17) is 11.6 Å². The molecule has 4 aromatic rings. The number of hydrogen-bond acceptors (Lipinski definition) is 2. The van der Waals surface area contributed by atoms with Gasteiger partial charge in [0.05, 0.1) is 11.9 Å². The van der Waals surface area contributed by atoms with Crippen LogP contribution < -0.4 is 5.43 Å². The summed E-state index contributed by atoms with van der Waals surface area (Å²) in [5.74, 6) is 0. The number of hydrogen-bond donors (Lipinski definition) is 1. The molecule has 3 heteroatoms. The van der Waals surface area contributed by atoms with E-state index in [1.165, 1.54) is 21.5 Å². The molecule has 4 rings (SSSR count). The van der Waals surface area contributed by atoms with Crippen molar-refractivity contribution in [3.05, 3.63) is 88.9 Å². The highest BCUT2D eigenvalue weighted by molar-refractivity contribution is 6.31. The van der Waals surface area contributed by atoms with E-state index in [1.54, 1.807) is 0 Å². The molecule has 0 aliphatic rings. The predicted octanol–water partition coefficient (Wildman–Crippen LogP) is 6.40. The van der Waals surface area contributed by atoms with Crippen LogP contribution in [0.4, 0.5) is 5.69 Å². The SMILES string of the molecule is Cc1ccc(NN=Cc2c3ccccc3cc3ccccc23)cc1Cl. The summed E-state index contributed by atoms with van der Waals surface area (Å²) in [7, 11) is 0. The van der Waals surface area contributed by atoms with Crippen LogP contribution in [0.25, 0.3) is 21.5 Å². The van der Waals surface area contributed by atoms with Crippen molar-refractivity contribution in [3.8, 4) is 0 Å². The van der Waals surface area contributed by atoms with Gasteiger partial charge in [-0.25, -0.2) is 0 Å². The van der Waals surface area contributed by atoms with E-state index in [9.17, 15) is 0 Å². The fraction of sp³-hybridized carbons (Fsp3) is 0.0455. The predicted molar refractivity (Wildman–Crippen MR) is 109 cm³/mol. The Labute approximate surface area is 151 Å². The van der Waals surface area contributed by atoms with E-state index in [2.05, 4.69) is 65.1 Å². The maximum Gasteiger partial charge on any atom is 0.0576 e. The maximum atomic E-state index is 6.17. The second kappa shape index (κ2) is 6.58. The Bertz CT molecular complexity index is 1050. The molecule has 1 N–H and O–H groups in total. The molecule has 0 saturated carbocycles. The molecule has 0 fully saturated rings. The lowest BCUT2D eigenvalue weighted by Gasteiger charge is -2.08. The van der Waals surface area contributed by atoms with Gasteiger partial charge in [0.2, 0.25) is 0 Å². The van der Waals surface area contributed by atoms with Gasteiger partial charge >= 0.3 is 0 Å². The first-order valence-corrected chi connectivity index (χ1v) is 8.56. The van der Waals surface area contributed by atoms with Crippen molar-refractivity contribution in [1.82, 2.24) is 0 Å². The summed E-state index contributed by atoms with van der Waals surface area (Å²) in [6.45, 7) is 1.98. The smallest absolute Gasteiger partial charge is 0.0576 e. The summed E-state index contributed by atoms with van der Waals surface area (Å²) in [4.78, 5) is 0. The van der Waals surface area contributed by atoms with Crippen molar-refractivity contribution in [2.75, 3.05) is 5.43 Å². The van der Waals surface area contributed by atoms with Crippen molar-refractivity contribution in [2.45, 2.75) is 6.92 Å². The van der Waals surface area contributed by atoms with Crippen molar-refractivity contribution in [2.24, 2.45) is 5.10 Å². The van der Waals surface area contributed by atoms with E-state index in [-0.39, 0.29) is 0 Å². The van der Waals surface area contributed by atoms with E-state index in [1.807, 2.05) is 31.3 Å². The first kappa shape index (κ1) is 15.7. The monoisotopic (exact) mass is 344 g/mol. The molecular formula is C22H17ClN2. The lowest BCUT2D eigenvalue weighted by molar-refractivity contribution is 1.34. The van der Waals surface area contributed by atoms with E-state index < -0.39 is 0 Å². The maximum absolute atomic E-state index is 6.17. The average Bonchev–Trinajstić information content (AvgIpc) is 2.64. The van der Waals surface area contributed by atoms with Crippen LogP contribution in [0.3, 0.4) is 0 Å². The molecule has 0 unspecified atom stereocenters. The molecule has 0 aliphatic heterocycles. The second-order valence-corrected chi connectivity index (χ2v) is 6.47. The molecule has 0 spiro atoms. The zero-order chi connectivity index (χ0) is 17.2. The lowest BCUT2D eigenvalue weighted by atomic mass is 9.97. The topological polar surface area (TPSA) is 24.4 Å². The molecule has 0 radical (unpaired) electrons. The minimum absolute atomic E-state index is 0.732. The van der Waals surface area contributed by atoms with Gasteiger partial charge in [0.15, 0.2) is 0 Å². The Balaban J connectivity index is 1.77. The quantitative estimate of drug-likeness (QED) is 0.259. The highest BCUT2D eigenvalue weighted by Gasteiger charge is 2.05. The Hall–Kier alpha value is -2.84. The fourth-order valence-corrected chi connectivity index (χ4v) is 3.20. The molecule has 0 amide bonds. The summed E-state index contributed by atoms with van der Waals surface area (Å²) in [6.07, 6.45) is 1.89. The number of hydrazone groups is 1. The van der Waals surface area contributed by atoms with Crippen LogP contribution in [0.2, 0.25) is 5.02 Å². The number of fused-ring (bicyclic) bond motifs is 2. The minimum Gasteiger partial charge on any atom is -0.278 e. The molecule has 0 saturated heterocycles. The van der Waals surface area contributed by atoms with E-state index in [0.717, 1.165) is 21.8 Å². The minimum atomic E-state index is 0.732. The Morgan fingerprint density at radius 2 is 1.48 bits per heavy atom. The molecule has 0 heterocycles. The Kier molecular flexibility index (Phi) is 4.12. The fourth-order valence-electron chi connectivity index (χ4n) is 3.02. The molecule has 4 aromatic carbocycles. The lowest BCUT2D eigenvalue weighted by Crippen LogP contribution is -1.93. The molecule has 0 bridgehead atoms. The number of rotatable bonds is 3. The van der Waals surface area contributed by atoms with Gasteiger partial charge in [-0.05, 0) is 52.2 Å². The van der Waals surface area contributed by atoms with Gasteiger partial charge in [0, 0.05) is 10.6 Å². The molecule has 122 valence electrons. The number of anilines is 1. The van der Waals surface area contributed by atoms with Crippen LogP contribution in [0.15, 0.2) is 77.9 Å². The van der Waals surface area contributed by atoms with Crippen molar-refractivity contribution in [3.63, 3.8) is 0 Å². The molecule has 0 atom stereocenters. The third-order valence-corrected chi connectivity index (χ3v) is 4.78. The largest absolute Gasteiger partial charge is 0.278 e. The second-order valence-electron chi connectivity index (χ2n) is 6.07. The zero-order valence-corrected chi connectivity index (χ0v) is 14.6. The first-order valence-electron chi connectivity index (χ1n) is 8.18. The number of halogens is 1. The Morgan fingerprint density at radius 1 is 0.840 bits per heavy atom. The molecular weight excluding hydrogens is 328 g/mol. The van der Waals surface area contributed by atoms with Crippen LogP contribution in [-0.2, 0) is 0 Å². The molecule has 0 aromatic heterocycles. The summed E-state index contributed by atoms with van der Waals surface area (Å²) < 4.78 is 0. The average molecular weight is 345 g/mol. The summed E-state index contributed by atoms with van der Waals surface area (Å²) in [5, 5.41) is 9.98. The standard InChI is InChI=1S/C22H17ClN2/c1-15-10-11-18(13-22(15)23)25-24-14-21-19-8-4-2-6-16(19)12-17-7-3-5-9-20(17)21/h2-14,25H,1H3. The summed E-state index contributed by atoms with van der Waals surface area (Å²) >= 11 is 6.17. The van der Waals surface area contributed by atoms with Crippen LogP contribution in [-0.4, -0.2) is 6.21 Å². The van der Waals surface area contributed by atoms with Crippen LogP contribution >= 0.6 is 11.6 Å². The van der Waals surface area contributed by atoms with Crippen LogP contribution in [0, 0.1) is 6.92 Å². The highest BCUT2D eigenvalue weighted by atomic mass is 35.5. The number of aryl methyl sites for hydroxylation is 1. The molecule has 0 aliphatic carbocycles. The first-order chi connectivity index (χ1) is 12.2. The van der Waals surface area contributed by atoms with Gasteiger partial charge < -0.3 is 0 Å². The third kappa shape index (κ3) is 3.09. The molecule has 2 nitrogen and oxygen atoms in total. The van der Waals surface area contributed by atoms with Crippen molar-refractivity contribution >= 4 is 45.0 Å². The molecule has 25 heavy (non-hydrogen) atoms.